The lowest BCUT2D eigenvalue weighted by molar-refractivity contribution is -0.119. The number of hydrogen-bond donors (Lipinski definition) is 1. The summed E-state index contributed by atoms with van der Waals surface area (Å²) in [5, 5.41) is 7.09. The van der Waals surface area contributed by atoms with E-state index >= 15 is 0 Å². The molecule has 1 aliphatic rings. The molecule has 1 N–H and O–H groups in total. The van der Waals surface area contributed by atoms with Crippen LogP contribution in [-0.2, 0) is 4.79 Å². The van der Waals surface area contributed by atoms with E-state index in [0.29, 0.717) is 11.4 Å². The number of carbonyl (C=O) groups excluding carboxylic acids is 1. The van der Waals surface area contributed by atoms with Crippen molar-refractivity contribution in [3.8, 4) is 0 Å². The molecule has 1 fully saturated rings. The van der Waals surface area contributed by atoms with Gasteiger partial charge in [-0.1, -0.05) is 29.8 Å². The molecule has 0 saturated carbocycles. The van der Waals surface area contributed by atoms with Crippen molar-refractivity contribution in [2.45, 2.75) is 32.2 Å². The second-order valence-corrected chi connectivity index (χ2v) is 6.55. The van der Waals surface area contributed by atoms with E-state index in [1.807, 2.05) is 18.2 Å². The number of anilines is 2. The molecule has 1 amide bonds. The van der Waals surface area contributed by atoms with Crippen LogP contribution in [0.25, 0.3) is 0 Å². The third kappa shape index (κ3) is 3.85. The van der Waals surface area contributed by atoms with Gasteiger partial charge in [-0.3, -0.25) is 9.59 Å². The van der Waals surface area contributed by atoms with Crippen LogP contribution in [0.1, 0.15) is 32.2 Å². The Labute approximate surface area is 151 Å². The quantitative estimate of drug-likeness (QED) is 0.909. The fourth-order valence-electron chi connectivity index (χ4n) is 2.95. The fourth-order valence-corrected chi connectivity index (χ4v) is 3.20. The second-order valence-electron chi connectivity index (χ2n) is 6.17. The summed E-state index contributed by atoms with van der Waals surface area (Å²) in [5.41, 5.74) is 0.877. The molecule has 2 aromatic rings. The summed E-state index contributed by atoms with van der Waals surface area (Å²) >= 11 is 6.29. The number of amides is 1. The first-order valence-corrected chi connectivity index (χ1v) is 8.84. The van der Waals surface area contributed by atoms with Gasteiger partial charge in [0.05, 0.1) is 11.9 Å². The maximum atomic E-state index is 12.6. The molecule has 0 bridgehead atoms. The number of rotatable bonds is 4. The summed E-state index contributed by atoms with van der Waals surface area (Å²) in [6.45, 7) is 3.37. The molecule has 3 rings (SSSR count). The summed E-state index contributed by atoms with van der Waals surface area (Å²) in [5.74, 6) is -0.317. The van der Waals surface area contributed by atoms with E-state index in [9.17, 15) is 9.59 Å². The van der Waals surface area contributed by atoms with Gasteiger partial charge >= 0.3 is 0 Å². The minimum absolute atomic E-state index is 0.122. The molecule has 7 heteroatoms. The normalized spacial score (nSPS) is 15.7. The van der Waals surface area contributed by atoms with Crippen LogP contribution >= 0.6 is 11.6 Å². The van der Waals surface area contributed by atoms with Gasteiger partial charge in [0.2, 0.25) is 5.91 Å². The predicted molar refractivity (Wildman–Crippen MR) is 99.4 cm³/mol. The highest BCUT2D eigenvalue weighted by Crippen LogP contribution is 2.25. The summed E-state index contributed by atoms with van der Waals surface area (Å²) in [6.07, 6.45) is 4.93. The second kappa shape index (κ2) is 7.70. The molecule has 2 heterocycles. The van der Waals surface area contributed by atoms with E-state index in [1.54, 1.807) is 25.3 Å². The van der Waals surface area contributed by atoms with E-state index in [-0.39, 0.29) is 10.9 Å². The number of piperidine rings is 1. The maximum absolute atomic E-state index is 12.6. The third-order valence-electron chi connectivity index (χ3n) is 4.41. The molecule has 0 aliphatic carbocycles. The SMILES string of the molecule is CC(C(=O)Nc1ccccc1)n1ncc(N2CCCCC2)c(Cl)c1=O. The molecular weight excluding hydrogens is 340 g/mol. The van der Waals surface area contributed by atoms with Gasteiger partial charge in [0.25, 0.3) is 5.56 Å². The highest BCUT2D eigenvalue weighted by atomic mass is 35.5. The molecule has 1 aromatic carbocycles. The van der Waals surface area contributed by atoms with E-state index in [1.165, 1.54) is 6.42 Å². The van der Waals surface area contributed by atoms with E-state index < -0.39 is 11.6 Å². The molecular formula is C18H21ClN4O2. The number of nitrogens with one attached hydrogen (secondary N) is 1. The van der Waals surface area contributed by atoms with Gasteiger partial charge < -0.3 is 10.2 Å². The number of benzene rings is 1. The van der Waals surface area contributed by atoms with Crippen LogP contribution in [0.15, 0.2) is 41.3 Å². The van der Waals surface area contributed by atoms with Crippen molar-refractivity contribution in [3.63, 3.8) is 0 Å². The van der Waals surface area contributed by atoms with Gasteiger partial charge in [-0.25, -0.2) is 4.68 Å². The van der Waals surface area contributed by atoms with Gasteiger partial charge in [-0.2, -0.15) is 5.10 Å². The zero-order valence-electron chi connectivity index (χ0n) is 14.1. The summed E-state index contributed by atoms with van der Waals surface area (Å²) in [7, 11) is 0. The van der Waals surface area contributed by atoms with Crippen molar-refractivity contribution in [2.24, 2.45) is 0 Å². The Morgan fingerprint density at radius 2 is 1.88 bits per heavy atom. The van der Waals surface area contributed by atoms with Gasteiger partial charge in [0.1, 0.15) is 11.1 Å². The Bertz CT molecular complexity index is 800. The third-order valence-corrected chi connectivity index (χ3v) is 4.76. The number of hydrogen-bond acceptors (Lipinski definition) is 4. The zero-order chi connectivity index (χ0) is 17.8. The van der Waals surface area contributed by atoms with Gasteiger partial charge in [0.15, 0.2) is 0 Å². The van der Waals surface area contributed by atoms with E-state index in [2.05, 4.69) is 15.3 Å². The van der Waals surface area contributed by atoms with Crippen LogP contribution < -0.4 is 15.8 Å². The van der Waals surface area contributed by atoms with Crippen LogP contribution in [0.5, 0.6) is 0 Å². The Balaban J connectivity index is 1.81. The van der Waals surface area contributed by atoms with Crippen molar-refractivity contribution < 1.29 is 4.79 Å². The molecule has 132 valence electrons. The smallest absolute Gasteiger partial charge is 0.288 e. The van der Waals surface area contributed by atoms with Gasteiger partial charge in [-0.15, -0.1) is 0 Å². The Kier molecular flexibility index (Phi) is 5.38. The minimum Gasteiger partial charge on any atom is -0.369 e. The molecule has 1 saturated heterocycles. The van der Waals surface area contributed by atoms with Crippen LogP contribution in [0, 0.1) is 0 Å². The number of carbonyl (C=O) groups is 1. The predicted octanol–water partition coefficient (Wildman–Crippen LogP) is 3.09. The Morgan fingerprint density at radius 3 is 2.56 bits per heavy atom. The Hall–Kier alpha value is -2.34. The molecule has 1 atom stereocenters. The maximum Gasteiger partial charge on any atom is 0.288 e. The molecule has 1 aromatic heterocycles. The molecule has 0 radical (unpaired) electrons. The van der Waals surface area contributed by atoms with E-state index in [0.717, 1.165) is 30.6 Å². The first-order valence-electron chi connectivity index (χ1n) is 8.46. The van der Waals surface area contributed by atoms with E-state index in [4.69, 9.17) is 11.6 Å². The highest BCUT2D eigenvalue weighted by Gasteiger charge is 2.22. The monoisotopic (exact) mass is 360 g/mol. The number of nitrogens with zero attached hydrogens (tertiary/aromatic N) is 3. The lowest BCUT2D eigenvalue weighted by atomic mass is 10.1. The minimum atomic E-state index is -0.763. The fraction of sp³-hybridized carbons (Fsp3) is 0.389. The lowest BCUT2D eigenvalue weighted by Crippen LogP contribution is -2.36. The first kappa shape index (κ1) is 17.5. The summed E-state index contributed by atoms with van der Waals surface area (Å²) in [6, 6.07) is 8.33. The molecule has 1 unspecified atom stereocenters. The van der Waals surface area contributed by atoms with Crippen molar-refractivity contribution in [1.29, 1.82) is 0 Å². The Morgan fingerprint density at radius 1 is 1.20 bits per heavy atom. The van der Waals surface area contributed by atoms with Gasteiger partial charge in [0, 0.05) is 18.8 Å². The first-order chi connectivity index (χ1) is 12.1. The summed E-state index contributed by atoms with van der Waals surface area (Å²) in [4.78, 5) is 27.1. The van der Waals surface area contributed by atoms with Crippen LogP contribution in [-0.4, -0.2) is 28.8 Å². The zero-order valence-corrected chi connectivity index (χ0v) is 14.9. The van der Waals surface area contributed by atoms with Crippen LogP contribution in [0.4, 0.5) is 11.4 Å². The van der Waals surface area contributed by atoms with Crippen molar-refractivity contribution >= 4 is 28.9 Å². The number of halogens is 1. The molecule has 6 nitrogen and oxygen atoms in total. The number of aromatic nitrogens is 2. The van der Waals surface area contributed by atoms with Crippen molar-refractivity contribution in [3.05, 3.63) is 51.9 Å². The number of para-hydroxylation sites is 1. The van der Waals surface area contributed by atoms with Crippen LogP contribution in [0.3, 0.4) is 0 Å². The molecule has 25 heavy (non-hydrogen) atoms. The van der Waals surface area contributed by atoms with Gasteiger partial charge in [-0.05, 0) is 38.3 Å². The largest absolute Gasteiger partial charge is 0.369 e. The average molecular weight is 361 g/mol. The molecule has 0 spiro atoms. The topological polar surface area (TPSA) is 67.2 Å². The van der Waals surface area contributed by atoms with Crippen molar-refractivity contribution in [2.75, 3.05) is 23.3 Å². The average Bonchev–Trinajstić information content (AvgIpc) is 2.65. The standard InChI is InChI=1S/C18H21ClN4O2/c1-13(17(24)21-14-8-4-2-5-9-14)23-18(25)16(19)15(12-20-23)22-10-6-3-7-11-22/h2,4-5,8-9,12-13H,3,6-7,10-11H2,1H3,(H,21,24). The molecule has 1 aliphatic heterocycles. The van der Waals surface area contributed by atoms with Crippen molar-refractivity contribution in [1.82, 2.24) is 9.78 Å². The summed E-state index contributed by atoms with van der Waals surface area (Å²) < 4.78 is 1.13. The highest BCUT2D eigenvalue weighted by molar-refractivity contribution is 6.33. The lowest BCUT2D eigenvalue weighted by Gasteiger charge is -2.29. The van der Waals surface area contributed by atoms with Crippen LogP contribution in [0.2, 0.25) is 5.02 Å².